The third-order valence-corrected chi connectivity index (χ3v) is 5.16. The first-order valence-electron chi connectivity index (χ1n) is 8.05. The lowest BCUT2D eigenvalue weighted by Gasteiger charge is -2.19. The van der Waals surface area contributed by atoms with E-state index in [1.54, 1.807) is 30.6 Å². The van der Waals surface area contributed by atoms with E-state index in [1.165, 1.54) is 0 Å². The molecule has 130 valence electrons. The quantitative estimate of drug-likeness (QED) is 0.641. The summed E-state index contributed by atoms with van der Waals surface area (Å²) in [6.07, 6.45) is 2.43. The molecule has 4 rings (SSSR count). The van der Waals surface area contributed by atoms with E-state index in [4.69, 9.17) is 27.9 Å². The molecule has 2 atom stereocenters. The SMILES string of the molecule is O=C1N[C@@H](c2cncc(-c3ccccc3)c2)[C@@H](c2cccc(Cl)c2Cl)O1. The number of aromatic nitrogens is 1. The van der Waals surface area contributed by atoms with Crippen LogP contribution in [0.3, 0.4) is 0 Å². The molecular formula is C20H14Cl2N2O2. The maximum absolute atomic E-state index is 11.9. The van der Waals surface area contributed by atoms with Crippen LogP contribution in [0.4, 0.5) is 4.79 Å². The lowest BCUT2D eigenvalue weighted by molar-refractivity contribution is 0.132. The molecule has 1 amide bonds. The molecule has 4 nitrogen and oxygen atoms in total. The number of amides is 1. The zero-order chi connectivity index (χ0) is 18.1. The molecule has 26 heavy (non-hydrogen) atoms. The summed E-state index contributed by atoms with van der Waals surface area (Å²) >= 11 is 12.5. The Morgan fingerprint density at radius 2 is 1.77 bits per heavy atom. The molecule has 1 aliphatic heterocycles. The van der Waals surface area contributed by atoms with Crippen LogP contribution in [0.5, 0.6) is 0 Å². The van der Waals surface area contributed by atoms with E-state index in [2.05, 4.69) is 10.3 Å². The van der Waals surface area contributed by atoms with Gasteiger partial charge in [-0.2, -0.15) is 0 Å². The van der Waals surface area contributed by atoms with E-state index >= 15 is 0 Å². The Hall–Kier alpha value is -2.56. The molecular weight excluding hydrogens is 371 g/mol. The van der Waals surface area contributed by atoms with Crippen molar-refractivity contribution in [2.45, 2.75) is 12.1 Å². The van der Waals surface area contributed by atoms with E-state index in [9.17, 15) is 4.79 Å². The van der Waals surface area contributed by atoms with Crippen LogP contribution >= 0.6 is 23.2 Å². The first-order chi connectivity index (χ1) is 12.6. The van der Waals surface area contributed by atoms with Crippen molar-refractivity contribution < 1.29 is 9.53 Å². The monoisotopic (exact) mass is 384 g/mol. The van der Waals surface area contributed by atoms with Crippen molar-refractivity contribution in [3.63, 3.8) is 0 Å². The molecule has 3 aromatic rings. The summed E-state index contributed by atoms with van der Waals surface area (Å²) in [6, 6.07) is 16.8. The van der Waals surface area contributed by atoms with Crippen LogP contribution in [0.1, 0.15) is 23.3 Å². The van der Waals surface area contributed by atoms with Crippen molar-refractivity contribution in [1.29, 1.82) is 0 Å². The van der Waals surface area contributed by atoms with Crippen LogP contribution in [0.15, 0.2) is 67.0 Å². The van der Waals surface area contributed by atoms with Gasteiger partial charge in [0.2, 0.25) is 0 Å². The second-order valence-electron chi connectivity index (χ2n) is 5.96. The van der Waals surface area contributed by atoms with Gasteiger partial charge in [0.1, 0.15) is 6.04 Å². The van der Waals surface area contributed by atoms with Gasteiger partial charge in [0.15, 0.2) is 6.10 Å². The summed E-state index contributed by atoms with van der Waals surface area (Å²) in [5.74, 6) is 0. The summed E-state index contributed by atoms with van der Waals surface area (Å²) in [4.78, 5) is 16.3. The van der Waals surface area contributed by atoms with Crippen molar-refractivity contribution in [1.82, 2.24) is 10.3 Å². The van der Waals surface area contributed by atoms with Crippen LogP contribution in [0.2, 0.25) is 10.0 Å². The van der Waals surface area contributed by atoms with Crippen LogP contribution in [-0.4, -0.2) is 11.1 Å². The highest BCUT2D eigenvalue weighted by molar-refractivity contribution is 6.42. The second-order valence-corrected chi connectivity index (χ2v) is 6.75. The lowest BCUT2D eigenvalue weighted by Crippen LogP contribution is -2.20. The number of hydrogen-bond donors (Lipinski definition) is 1. The first-order valence-corrected chi connectivity index (χ1v) is 8.80. The predicted octanol–water partition coefficient (Wildman–Crippen LogP) is 5.58. The Labute approximate surface area is 160 Å². The molecule has 2 aromatic carbocycles. The van der Waals surface area contributed by atoms with E-state index in [0.29, 0.717) is 15.6 Å². The van der Waals surface area contributed by atoms with Crippen LogP contribution in [0.25, 0.3) is 11.1 Å². The Kier molecular flexibility index (Phi) is 4.53. The van der Waals surface area contributed by atoms with E-state index in [-0.39, 0.29) is 0 Å². The number of carbonyl (C=O) groups excluding carboxylic acids is 1. The fourth-order valence-corrected chi connectivity index (χ4v) is 3.49. The number of carbonyl (C=O) groups is 1. The van der Waals surface area contributed by atoms with Crippen molar-refractivity contribution in [2.75, 3.05) is 0 Å². The van der Waals surface area contributed by atoms with E-state index in [1.807, 2.05) is 36.4 Å². The molecule has 1 aromatic heterocycles. The molecule has 0 saturated carbocycles. The van der Waals surface area contributed by atoms with Gasteiger partial charge in [0.05, 0.1) is 10.0 Å². The number of benzene rings is 2. The smallest absolute Gasteiger partial charge is 0.408 e. The molecule has 0 aliphatic carbocycles. The van der Waals surface area contributed by atoms with Gasteiger partial charge in [0, 0.05) is 23.5 Å². The summed E-state index contributed by atoms with van der Waals surface area (Å²) in [7, 11) is 0. The van der Waals surface area contributed by atoms with Gasteiger partial charge in [-0.3, -0.25) is 4.98 Å². The van der Waals surface area contributed by atoms with Gasteiger partial charge >= 0.3 is 6.09 Å². The Bertz CT molecular complexity index is 963. The summed E-state index contributed by atoms with van der Waals surface area (Å²) in [5, 5.41) is 3.64. The van der Waals surface area contributed by atoms with Gasteiger partial charge in [-0.25, -0.2) is 4.79 Å². The predicted molar refractivity (Wildman–Crippen MR) is 101 cm³/mol. The summed E-state index contributed by atoms with van der Waals surface area (Å²) in [6.45, 7) is 0. The average Bonchev–Trinajstić information content (AvgIpc) is 3.06. The molecule has 0 spiro atoms. The van der Waals surface area contributed by atoms with Gasteiger partial charge in [0.25, 0.3) is 0 Å². The Morgan fingerprint density at radius 3 is 2.58 bits per heavy atom. The molecule has 6 heteroatoms. The number of ether oxygens (including phenoxy) is 1. The van der Waals surface area contributed by atoms with Crippen molar-refractivity contribution in [3.8, 4) is 11.1 Å². The van der Waals surface area contributed by atoms with Crippen LogP contribution in [-0.2, 0) is 4.74 Å². The third-order valence-electron chi connectivity index (χ3n) is 4.32. The minimum Gasteiger partial charge on any atom is -0.439 e. The highest BCUT2D eigenvalue weighted by Gasteiger charge is 2.38. The van der Waals surface area contributed by atoms with Gasteiger partial charge in [-0.15, -0.1) is 0 Å². The molecule has 1 fully saturated rings. The van der Waals surface area contributed by atoms with Crippen LogP contribution in [0, 0.1) is 0 Å². The average molecular weight is 385 g/mol. The summed E-state index contributed by atoms with van der Waals surface area (Å²) < 4.78 is 5.47. The van der Waals surface area contributed by atoms with Gasteiger partial charge < -0.3 is 10.1 Å². The highest BCUT2D eigenvalue weighted by Crippen LogP contribution is 2.41. The topological polar surface area (TPSA) is 51.2 Å². The fourth-order valence-electron chi connectivity index (χ4n) is 3.08. The minimum atomic E-state index is -0.582. The number of cyclic esters (lactones) is 1. The molecule has 1 aliphatic rings. The third kappa shape index (κ3) is 3.14. The lowest BCUT2D eigenvalue weighted by atomic mass is 9.95. The number of pyridine rings is 1. The molecule has 1 saturated heterocycles. The molecule has 0 bridgehead atoms. The number of halogens is 2. The van der Waals surface area contributed by atoms with E-state index < -0.39 is 18.2 Å². The second kappa shape index (κ2) is 6.98. The summed E-state index contributed by atoms with van der Waals surface area (Å²) in [5.41, 5.74) is 3.50. The highest BCUT2D eigenvalue weighted by atomic mass is 35.5. The van der Waals surface area contributed by atoms with Gasteiger partial charge in [-0.05, 0) is 23.3 Å². The van der Waals surface area contributed by atoms with E-state index in [0.717, 1.165) is 16.7 Å². The molecule has 0 radical (unpaired) electrons. The zero-order valence-electron chi connectivity index (χ0n) is 13.5. The maximum atomic E-state index is 11.9. The van der Waals surface area contributed by atoms with Crippen molar-refractivity contribution in [2.24, 2.45) is 0 Å². The normalized spacial score (nSPS) is 19.1. The van der Waals surface area contributed by atoms with Crippen molar-refractivity contribution >= 4 is 29.3 Å². The number of nitrogens with zero attached hydrogens (tertiary/aromatic N) is 1. The number of nitrogens with one attached hydrogen (secondary N) is 1. The maximum Gasteiger partial charge on any atom is 0.408 e. The first kappa shape index (κ1) is 16.9. The number of hydrogen-bond acceptors (Lipinski definition) is 3. The number of alkyl carbamates (subject to hydrolysis) is 1. The molecule has 0 unspecified atom stereocenters. The molecule has 1 N–H and O–H groups in total. The minimum absolute atomic E-state index is 0.382. The largest absolute Gasteiger partial charge is 0.439 e. The number of rotatable bonds is 3. The fraction of sp³-hybridized carbons (Fsp3) is 0.100. The molecule has 2 heterocycles. The Morgan fingerprint density at radius 1 is 0.962 bits per heavy atom. The standard InChI is InChI=1S/C20H14Cl2N2O2/c21-16-8-4-7-15(17(16)22)19-18(24-20(25)26-19)14-9-13(10-23-11-14)12-5-2-1-3-6-12/h1-11,18-19H,(H,24,25)/t18-,19+/m0/s1. The van der Waals surface area contributed by atoms with Crippen LogP contribution < -0.4 is 5.32 Å². The Balaban J connectivity index is 1.74. The van der Waals surface area contributed by atoms with Crippen molar-refractivity contribution in [3.05, 3.63) is 88.2 Å². The van der Waals surface area contributed by atoms with Gasteiger partial charge in [-0.1, -0.05) is 65.7 Å². The zero-order valence-corrected chi connectivity index (χ0v) is 15.0.